The molecule has 1 amide bonds. The molecule has 4 rings (SSSR count). The maximum Gasteiger partial charge on any atom is 0.256 e. The number of aromatic nitrogens is 4. The lowest BCUT2D eigenvalue weighted by Gasteiger charge is -2.38. The zero-order valence-corrected chi connectivity index (χ0v) is 21.1. The molecule has 0 saturated carbocycles. The Labute approximate surface area is 199 Å². The largest absolute Gasteiger partial charge is 0.392 e. The molecule has 3 heterocycles. The summed E-state index contributed by atoms with van der Waals surface area (Å²) in [5.74, 6) is 1.32. The second kappa shape index (κ2) is 8.62. The van der Waals surface area contributed by atoms with E-state index in [1.165, 1.54) is 4.90 Å². The quantitative estimate of drug-likeness (QED) is 0.581. The number of hydrogen-bond acceptors (Lipinski definition) is 8. The highest BCUT2D eigenvalue weighted by Gasteiger charge is 2.35. The first kappa shape index (κ1) is 24.1. The van der Waals surface area contributed by atoms with Crippen molar-refractivity contribution in [2.45, 2.75) is 44.9 Å². The van der Waals surface area contributed by atoms with E-state index in [-0.39, 0.29) is 29.4 Å². The summed E-state index contributed by atoms with van der Waals surface area (Å²) in [6.45, 7) is 6.75. The molecule has 0 unspecified atom stereocenters. The fraction of sp³-hybridized carbons (Fsp3) is 0.478. The SMILES string of the molecule is Cc1nc(N2CCn3c(nc4cc(CO)c(S(C)(=O)=O)cc43)[C@@H]2C(C)C)ncc1C(=O)N(C)C. The Morgan fingerprint density at radius 1 is 1.24 bits per heavy atom. The average Bonchev–Trinajstić information content (AvgIpc) is 3.13. The Balaban J connectivity index is 1.82. The van der Waals surface area contributed by atoms with Crippen LogP contribution in [0.25, 0.3) is 11.0 Å². The van der Waals surface area contributed by atoms with Gasteiger partial charge < -0.3 is 19.5 Å². The minimum atomic E-state index is -3.51. The zero-order chi connectivity index (χ0) is 24.9. The van der Waals surface area contributed by atoms with Crippen LogP contribution in [0.2, 0.25) is 0 Å². The second-order valence-corrected chi connectivity index (χ2v) is 11.2. The van der Waals surface area contributed by atoms with Crippen LogP contribution in [0, 0.1) is 12.8 Å². The number of anilines is 1. The molecule has 11 heteroatoms. The molecule has 0 bridgehead atoms. The molecule has 1 aliphatic rings. The van der Waals surface area contributed by atoms with Crippen molar-refractivity contribution in [2.24, 2.45) is 5.92 Å². The molecule has 0 spiro atoms. The molecule has 0 saturated heterocycles. The number of rotatable bonds is 5. The maximum atomic E-state index is 12.4. The third-order valence-electron chi connectivity index (χ3n) is 6.19. The fourth-order valence-electron chi connectivity index (χ4n) is 4.56. The van der Waals surface area contributed by atoms with Gasteiger partial charge >= 0.3 is 0 Å². The highest BCUT2D eigenvalue weighted by atomic mass is 32.2. The van der Waals surface area contributed by atoms with E-state index in [0.29, 0.717) is 41.4 Å². The van der Waals surface area contributed by atoms with Gasteiger partial charge in [-0.2, -0.15) is 0 Å². The molecule has 0 fully saturated rings. The Hall–Kier alpha value is -3.05. The van der Waals surface area contributed by atoms with Crippen molar-refractivity contribution in [2.75, 3.05) is 31.8 Å². The highest BCUT2D eigenvalue weighted by molar-refractivity contribution is 7.90. The minimum Gasteiger partial charge on any atom is -0.392 e. The van der Waals surface area contributed by atoms with Gasteiger partial charge in [0.1, 0.15) is 5.82 Å². The lowest BCUT2D eigenvalue weighted by molar-refractivity contribution is 0.0826. The Morgan fingerprint density at radius 3 is 2.50 bits per heavy atom. The van der Waals surface area contributed by atoms with Crippen LogP contribution >= 0.6 is 0 Å². The summed E-state index contributed by atoms with van der Waals surface area (Å²) in [6, 6.07) is 3.11. The standard InChI is InChI=1S/C23H30N6O4S/c1-13(2)20-21-26-17-9-15(12-30)19(34(6,32)33)10-18(17)28(21)7-8-29(20)23-24-11-16(14(3)25-23)22(31)27(4)5/h9-11,13,20,30H,7-8,12H2,1-6H3/t20-/m0/s1. The summed E-state index contributed by atoms with van der Waals surface area (Å²) in [5.41, 5.74) is 2.77. The number of sulfone groups is 1. The number of benzene rings is 1. The van der Waals surface area contributed by atoms with Gasteiger partial charge in [-0.25, -0.2) is 23.4 Å². The predicted octanol–water partition coefficient (Wildman–Crippen LogP) is 1.95. The van der Waals surface area contributed by atoms with Crippen LogP contribution in [0.15, 0.2) is 23.2 Å². The van der Waals surface area contributed by atoms with Crippen molar-refractivity contribution in [1.29, 1.82) is 0 Å². The van der Waals surface area contributed by atoms with Crippen LogP contribution in [0.1, 0.15) is 47.3 Å². The number of aliphatic hydroxyl groups is 1. The third kappa shape index (κ3) is 4.03. The first-order chi connectivity index (χ1) is 15.9. The Kier molecular flexibility index (Phi) is 6.11. The Bertz CT molecular complexity index is 1380. The van der Waals surface area contributed by atoms with Crippen LogP contribution in [-0.2, 0) is 23.0 Å². The van der Waals surface area contributed by atoms with E-state index in [4.69, 9.17) is 4.98 Å². The van der Waals surface area contributed by atoms with E-state index in [9.17, 15) is 18.3 Å². The summed E-state index contributed by atoms with van der Waals surface area (Å²) in [7, 11) is -0.127. The predicted molar refractivity (Wildman–Crippen MR) is 128 cm³/mol. The number of hydrogen-bond donors (Lipinski definition) is 1. The number of amides is 1. The van der Waals surface area contributed by atoms with Crippen molar-refractivity contribution >= 4 is 32.7 Å². The second-order valence-electron chi connectivity index (χ2n) is 9.25. The molecule has 0 aliphatic carbocycles. The normalized spacial score (nSPS) is 16.2. The molecule has 34 heavy (non-hydrogen) atoms. The summed E-state index contributed by atoms with van der Waals surface area (Å²) >= 11 is 0. The highest BCUT2D eigenvalue weighted by Crippen LogP contribution is 2.37. The van der Waals surface area contributed by atoms with Crippen LogP contribution in [0.3, 0.4) is 0 Å². The third-order valence-corrected chi connectivity index (χ3v) is 7.37. The van der Waals surface area contributed by atoms with E-state index in [0.717, 1.165) is 17.6 Å². The summed E-state index contributed by atoms with van der Waals surface area (Å²) in [4.78, 5) is 30.1. The van der Waals surface area contributed by atoms with Crippen LogP contribution in [-0.4, -0.2) is 70.7 Å². The number of fused-ring (bicyclic) bond motifs is 3. The van der Waals surface area contributed by atoms with Gasteiger partial charge in [-0.05, 0) is 30.5 Å². The summed E-state index contributed by atoms with van der Waals surface area (Å²) < 4.78 is 26.7. The van der Waals surface area contributed by atoms with Crippen molar-refractivity contribution in [3.05, 3.63) is 41.0 Å². The van der Waals surface area contributed by atoms with Gasteiger partial charge in [-0.15, -0.1) is 0 Å². The number of imidazole rings is 1. The van der Waals surface area contributed by atoms with E-state index >= 15 is 0 Å². The lowest BCUT2D eigenvalue weighted by Crippen LogP contribution is -2.42. The smallest absolute Gasteiger partial charge is 0.256 e. The molecule has 182 valence electrons. The van der Waals surface area contributed by atoms with Crippen LogP contribution in [0.4, 0.5) is 5.95 Å². The monoisotopic (exact) mass is 486 g/mol. The number of nitrogens with zero attached hydrogens (tertiary/aromatic N) is 6. The lowest BCUT2D eigenvalue weighted by atomic mass is 10.00. The molecule has 10 nitrogen and oxygen atoms in total. The van der Waals surface area contributed by atoms with E-state index in [1.54, 1.807) is 39.3 Å². The van der Waals surface area contributed by atoms with E-state index in [2.05, 4.69) is 28.7 Å². The van der Waals surface area contributed by atoms with Gasteiger partial charge in [-0.1, -0.05) is 13.8 Å². The first-order valence-electron chi connectivity index (χ1n) is 11.1. The molecule has 1 atom stereocenters. The van der Waals surface area contributed by atoms with Crippen LogP contribution < -0.4 is 4.90 Å². The molecule has 2 aromatic heterocycles. The number of aryl methyl sites for hydroxylation is 1. The van der Waals surface area contributed by atoms with Crippen molar-refractivity contribution < 1.29 is 18.3 Å². The van der Waals surface area contributed by atoms with Gasteiger partial charge in [0.25, 0.3) is 5.91 Å². The molecule has 1 aromatic carbocycles. The molecule has 1 aliphatic heterocycles. The first-order valence-corrected chi connectivity index (χ1v) is 13.0. The minimum absolute atomic E-state index is 0.119. The van der Waals surface area contributed by atoms with Crippen molar-refractivity contribution in [1.82, 2.24) is 24.4 Å². The number of carbonyl (C=O) groups excluding carboxylic acids is 1. The fourth-order valence-corrected chi connectivity index (χ4v) is 5.48. The van der Waals surface area contributed by atoms with E-state index in [1.807, 2.05) is 4.57 Å². The Morgan fingerprint density at radius 2 is 1.94 bits per heavy atom. The number of aliphatic hydroxyl groups excluding tert-OH is 1. The van der Waals surface area contributed by atoms with Gasteiger partial charge in [-0.3, -0.25) is 4.79 Å². The van der Waals surface area contributed by atoms with Gasteiger partial charge in [0.15, 0.2) is 9.84 Å². The van der Waals surface area contributed by atoms with Crippen molar-refractivity contribution in [3.8, 4) is 0 Å². The molecular weight excluding hydrogens is 456 g/mol. The molecule has 1 N–H and O–H groups in total. The zero-order valence-electron chi connectivity index (χ0n) is 20.3. The summed E-state index contributed by atoms with van der Waals surface area (Å²) in [6.07, 6.45) is 2.71. The van der Waals surface area contributed by atoms with Crippen molar-refractivity contribution in [3.63, 3.8) is 0 Å². The van der Waals surface area contributed by atoms with Gasteiger partial charge in [0.2, 0.25) is 5.95 Å². The topological polar surface area (TPSA) is 122 Å². The van der Waals surface area contributed by atoms with Gasteiger partial charge in [0.05, 0.1) is 39.8 Å². The maximum absolute atomic E-state index is 12.4. The van der Waals surface area contributed by atoms with Crippen LogP contribution in [0.5, 0.6) is 0 Å². The molecular formula is C23H30N6O4S. The number of carbonyl (C=O) groups is 1. The summed E-state index contributed by atoms with van der Waals surface area (Å²) in [5, 5.41) is 9.75. The average molecular weight is 487 g/mol. The van der Waals surface area contributed by atoms with E-state index < -0.39 is 9.84 Å². The molecule has 3 aromatic rings. The van der Waals surface area contributed by atoms with Gasteiger partial charge in [0, 0.05) is 39.6 Å². The molecule has 0 radical (unpaired) electrons.